The van der Waals surface area contributed by atoms with E-state index >= 15 is 0 Å². The van der Waals surface area contributed by atoms with E-state index in [9.17, 15) is 4.79 Å². The summed E-state index contributed by atoms with van der Waals surface area (Å²) in [5, 5.41) is 0. The van der Waals surface area contributed by atoms with Crippen LogP contribution >= 0.6 is 0 Å². The molecule has 1 heterocycles. The predicted octanol–water partition coefficient (Wildman–Crippen LogP) is 1.67. The van der Waals surface area contributed by atoms with Crippen molar-refractivity contribution in [1.29, 1.82) is 0 Å². The second kappa shape index (κ2) is 4.13. The summed E-state index contributed by atoms with van der Waals surface area (Å²) in [7, 11) is 0. The van der Waals surface area contributed by atoms with Gasteiger partial charge in [-0.15, -0.1) is 0 Å². The van der Waals surface area contributed by atoms with E-state index < -0.39 is 0 Å². The van der Waals surface area contributed by atoms with Gasteiger partial charge in [0.05, 0.1) is 6.10 Å². The molecule has 0 saturated carbocycles. The minimum absolute atomic E-state index is 0.0320. The van der Waals surface area contributed by atoms with Gasteiger partial charge in [-0.1, -0.05) is 6.08 Å². The van der Waals surface area contributed by atoms with E-state index in [2.05, 4.69) is 0 Å². The Morgan fingerprint density at radius 2 is 2.36 bits per heavy atom. The van der Waals surface area contributed by atoms with Crippen molar-refractivity contribution in [1.82, 2.24) is 0 Å². The third-order valence-electron chi connectivity index (χ3n) is 2.86. The fourth-order valence-electron chi connectivity index (χ4n) is 2.24. The van der Waals surface area contributed by atoms with Gasteiger partial charge in [-0.05, 0) is 31.3 Å². The van der Waals surface area contributed by atoms with Crippen molar-refractivity contribution in [2.75, 3.05) is 6.61 Å². The maximum Gasteiger partial charge on any atom is 0.303 e. The van der Waals surface area contributed by atoms with Crippen LogP contribution in [-0.2, 0) is 14.3 Å². The topological polar surface area (TPSA) is 35.5 Å². The minimum Gasteiger partial charge on any atom is -0.458 e. The van der Waals surface area contributed by atoms with Crippen molar-refractivity contribution in [2.45, 2.75) is 38.4 Å². The lowest BCUT2D eigenvalue weighted by atomic mass is 9.85. The maximum absolute atomic E-state index is 10.8. The number of hydrogen-bond donors (Lipinski definition) is 0. The molecule has 0 spiro atoms. The Hall–Kier alpha value is -0.830. The van der Waals surface area contributed by atoms with Crippen LogP contribution in [0.3, 0.4) is 0 Å². The van der Waals surface area contributed by atoms with Crippen LogP contribution < -0.4 is 0 Å². The highest BCUT2D eigenvalue weighted by Gasteiger charge is 2.30. The summed E-state index contributed by atoms with van der Waals surface area (Å²) >= 11 is 0. The zero-order valence-electron chi connectivity index (χ0n) is 8.44. The molecule has 78 valence electrons. The van der Waals surface area contributed by atoms with Crippen LogP contribution in [0, 0.1) is 5.92 Å². The van der Waals surface area contributed by atoms with Crippen molar-refractivity contribution in [2.24, 2.45) is 5.92 Å². The quantitative estimate of drug-likeness (QED) is 0.472. The fraction of sp³-hybridized carbons (Fsp3) is 0.727. The van der Waals surface area contributed by atoms with Gasteiger partial charge >= 0.3 is 5.97 Å². The van der Waals surface area contributed by atoms with Gasteiger partial charge in [0.25, 0.3) is 0 Å². The first-order valence-corrected chi connectivity index (χ1v) is 5.23. The standard InChI is InChI=1S/C11H16O3/c1-8(12)14-10-4-5-11-9(7-10)3-2-6-13-11/h4-5,9-11H,2-3,6-7H2,1H3/t9-,10+,11+/m1/s1. The lowest BCUT2D eigenvalue weighted by Gasteiger charge is -2.34. The summed E-state index contributed by atoms with van der Waals surface area (Å²) in [6.45, 7) is 2.32. The van der Waals surface area contributed by atoms with Gasteiger partial charge < -0.3 is 9.47 Å². The Bertz CT molecular complexity index is 247. The molecule has 1 aliphatic carbocycles. The molecule has 0 aromatic rings. The maximum atomic E-state index is 10.8. The first-order chi connectivity index (χ1) is 6.75. The van der Waals surface area contributed by atoms with Gasteiger partial charge in [-0.25, -0.2) is 0 Å². The number of carbonyl (C=O) groups excluding carboxylic acids is 1. The molecule has 0 aromatic carbocycles. The molecular formula is C11H16O3. The van der Waals surface area contributed by atoms with E-state index in [1.807, 2.05) is 12.2 Å². The zero-order valence-corrected chi connectivity index (χ0v) is 8.44. The van der Waals surface area contributed by atoms with Crippen LogP contribution in [0.25, 0.3) is 0 Å². The largest absolute Gasteiger partial charge is 0.458 e. The van der Waals surface area contributed by atoms with Gasteiger partial charge in [0.15, 0.2) is 0 Å². The molecule has 2 aliphatic rings. The molecule has 3 heteroatoms. The predicted molar refractivity (Wildman–Crippen MR) is 51.8 cm³/mol. The zero-order chi connectivity index (χ0) is 9.97. The molecular weight excluding hydrogens is 180 g/mol. The summed E-state index contributed by atoms with van der Waals surface area (Å²) in [5.41, 5.74) is 0. The Kier molecular flexibility index (Phi) is 2.87. The molecule has 0 N–H and O–H groups in total. The Labute approximate surface area is 84.1 Å². The number of carbonyl (C=O) groups is 1. The van der Waals surface area contributed by atoms with Crippen molar-refractivity contribution in [3.05, 3.63) is 12.2 Å². The van der Waals surface area contributed by atoms with E-state index in [1.165, 1.54) is 13.3 Å². The molecule has 3 nitrogen and oxygen atoms in total. The average molecular weight is 196 g/mol. The van der Waals surface area contributed by atoms with Crippen LogP contribution in [-0.4, -0.2) is 24.8 Å². The number of esters is 1. The second-order valence-corrected chi connectivity index (χ2v) is 4.01. The minimum atomic E-state index is -0.199. The highest BCUT2D eigenvalue weighted by atomic mass is 16.5. The van der Waals surface area contributed by atoms with Crippen LogP contribution in [0.5, 0.6) is 0 Å². The normalized spacial score (nSPS) is 36.2. The molecule has 3 atom stereocenters. The van der Waals surface area contributed by atoms with Crippen molar-refractivity contribution in [3.63, 3.8) is 0 Å². The lowest BCUT2D eigenvalue weighted by molar-refractivity contribution is -0.146. The smallest absolute Gasteiger partial charge is 0.303 e. The van der Waals surface area contributed by atoms with E-state index in [4.69, 9.17) is 9.47 Å². The summed E-state index contributed by atoms with van der Waals surface area (Å²) in [6.07, 6.45) is 7.45. The number of ether oxygens (including phenoxy) is 2. The van der Waals surface area contributed by atoms with E-state index in [0.717, 1.165) is 19.4 Å². The SMILES string of the molecule is CC(=O)O[C@H]1C=C[C@@H]2OCCC[C@@H]2C1. The Morgan fingerprint density at radius 3 is 3.14 bits per heavy atom. The highest BCUT2D eigenvalue weighted by Crippen LogP contribution is 2.30. The molecule has 14 heavy (non-hydrogen) atoms. The van der Waals surface area contributed by atoms with Crippen molar-refractivity contribution < 1.29 is 14.3 Å². The second-order valence-electron chi connectivity index (χ2n) is 4.01. The molecule has 0 aromatic heterocycles. The van der Waals surface area contributed by atoms with Gasteiger partial charge in [-0.3, -0.25) is 4.79 Å². The van der Waals surface area contributed by atoms with Gasteiger partial charge in [0.1, 0.15) is 6.10 Å². The summed E-state index contributed by atoms with van der Waals surface area (Å²) in [6, 6.07) is 0. The van der Waals surface area contributed by atoms with E-state index in [-0.39, 0.29) is 18.2 Å². The van der Waals surface area contributed by atoms with Gasteiger partial charge in [0.2, 0.25) is 0 Å². The summed E-state index contributed by atoms with van der Waals surface area (Å²) in [4.78, 5) is 10.8. The third kappa shape index (κ3) is 2.15. The first kappa shape index (κ1) is 9.71. The summed E-state index contributed by atoms with van der Waals surface area (Å²) < 4.78 is 10.8. The molecule has 0 unspecified atom stereocenters. The third-order valence-corrected chi connectivity index (χ3v) is 2.86. The molecule has 1 aliphatic heterocycles. The van der Waals surface area contributed by atoms with E-state index in [1.54, 1.807) is 0 Å². The summed E-state index contributed by atoms with van der Waals surface area (Å²) in [5.74, 6) is 0.341. The van der Waals surface area contributed by atoms with Crippen molar-refractivity contribution >= 4 is 5.97 Å². The van der Waals surface area contributed by atoms with Gasteiger partial charge in [0, 0.05) is 13.5 Å². The first-order valence-electron chi connectivity index (χ1n) is 5.23. The number of hydrogen-bond acceptors (Lipinski definition) is 3. The van der Waals surface area contributed by atoms with Gasteiger partial charge in [-0.2, -0.15) is 0 Å². The molecule has 0 amide bonds. The molecule has 0 radical (unpaired) electrons. The van der Waals surface area contributed by atoms with Crippen molar-refractivity contribution in [3.8, 4) is 0 Å². The fourth-order valence-corrected chi connectivity index (χ4v) is 2.24. The lowest BCUT2D eigenvalue weighted by Crippen LogP contribution is -2.35. The average Bonchev–Trinajstić information content (AvgIpc) is 2.17. The van der Waals surface area contributed by atoms with Crippen LogP contribution in [0.2, 0.25) is 0 Å². The van der Waals surface area contributed by atoms with Crippen LogP contribution in [0.1, 0.15) is 26.2 Å². The Balaban J connectivity index is 1.95. The monoisotopic (exact) mass is 196 g/mol. The number of fused-ring (bicyclic) bond motifs is 1. The highest BCUT2D eigenvalue weighted by molar-refractivity contribution is 5.66. The van der Waals surface area contributed by atoms with Crippen LogP contribution in [0.15, 0.2) is 12.2 Å². The van der Waals surface area contributed by atoms with E-state index in [0.29, 0.717) is 5.92 Å². The molecule has 2 rings (SSSR count). The number of rotatable bonds is 1. The Morgan fingerprint density at radius 1 is 1.50 bits per heavy atom. The molecule has 1 saturated heterocycles. The molecule has 1 fully saturated rings. The van der Waals surface area contributed by atoms with Crippen LogP contribution in [0.4, 0.5) is 0 Å². The molecule has 0 bridgehead atoms.